The van der Waals surface area contributed by atoms with E-state index in [1.54, 1.807) is 12.1 Å². The summed E-state index contributed by atoms with van der Waals surface area (Å²) in [7, 11) is 0. The van der Waals surface area contributed by atoms with Gasteiger partial charge in [-0.25, -0.2) is 4.98 Å². The molecule has 0 spiro atoms. The zero-order chi connectivity index (χ0) is 13.0. The van der Waals surface area contributed by atoms with Gasteiger partial charge in [0.1, 0.15) is 5.15 Å². The standard InChI is InChI=1S/C13H18ClN3O/c1-2-17-6-5-10(9-17)7-16-13(18)11-3-4-12(14)15-8-11/h3-4,8,10H,2,5-7,9H2,1H3,(H,16,18). The van der Waals surface area contributed by atoms with Crippen molar-refractivity contribution in [2.45, 2.75) is 13.3 Å². The molecule has 2 rings (SSSR count). The molecule has 18 heavy (non-hydrogen) atoms. The first-order chi connectivity index (χ1) is 8.69. The number of carbonyl (C=O) groups excluding carboxylic acids is 1. The summed E-state index contributed by atoms with van der Waals surface area (Å²) in [6, 6.07) is 3.32. The Morgan fingerprint density at radius 2 is 2.44 bits per heavy atom. The molecule has 4 nitrogen and oxygen atoms in total. The van der Waals surface area contributed by atoms with Gasteiger partial charge in [0.2, 0.25) is 0 Å². The molecule has 1 aromatic rings. The topological polar surface area (TPSA) is 45.2 Å². The van der Waals surface area contributed by atoms with E-state index in [-0.39, 0.29) is 5.91 Å². The van der Waals surface area contributed by atoms with Crippen molar-refractivity contribution in [3.63, 3.8) is 0 Å². The first-order valence-electron chi connectivity index (χ1n) is 6.31. The van der Waals surface area contributed by atoms with Crippen molar-refractivity contribution in [3.05, 3.63) is 29.0 Å². The van der Waals surface area contributed by atoms with Crippen LogP contribution in [0.2, 0.25) is 5.15 Å². The van der Waals surface area contributed by atoms with Crippen LogP contribution >= 0.6 is 11.6 Å². The number of likely N-dealkylation sites (tertiary alicyclic amines) is 1. The van der Waals surface area contributed by atoms with Gasteiger partial charge in [-0.1, -0.05) is 18.5 Å². The van der Waals surface area contributed by atoms with Gasteiger partial charge in [0.15, 0.2) is 0 Å². The molecule has 1 unspecified atom stereocenters. The van der Waals surface area contributed by atoms with E-state index >= 15 is 0 Å². The number of rotatable bonds is 4. The normalized spacial score (nSPS) is 20.0. The summed E-state index contributed by atoms with van der Waals surface area (Å²) in [6.45, 7) is 6.21. The Morgan fingerprint density at radius 3 is 3.06 bits per heavy atom. The first-order valence-corrected chi connectivity index (χ1v) is 6.69. The number of pyridine rings is 1. The molecule has 5 heteroatoms. The number of amides is 1. The molecule has 0 saturated carbocycles. The summed E-state index contributed by atoms with van der Waals surface area (Å²) in [4.78, 5) is 18.2. The molecule has 1 atom stereocenters. The van der Waals surface area contributed by atoms with Crippen LogP contribution in [0.5, 0.6) is 0 Å². The van der Waals surface area contributed by atoms with Crippen LogP contribution in [0.3, 0.4) is 0 Å². The zero-order valence-electron chi connectivity index (χ0n) is 10.5. The van der Waals surface area contributed by atoms with Crippen molar-refractivity contribution in [1.82, 2.24) is 15.2 Å². The average Bonchev–Trinajstić information content (AvgIpc) is 2.85. The van der Waals surface area contributed by atoms with Crippen molar-refractivity contribution >= 4 is 17.5 Å². The maximum Gasteiger partial charge on any atom is 0.252 e. The lowest BCUT2D eigenvalue weighted by Crippen LogP contribution is -2.31. The molecular weight excluding hydrogens is 250 g/mol. The Hall–Kier alpha value is -1.13. The van der Waals surface area contributed by atoms with Crippen LogP contribution in [0.15, 0.2) is 18.3 Å². The second kappa shape index (κ2) is 6.16. The monoisotopic (exact) mass is 267 g/mol. The lowest BCUT2D eigenvalue weighted by atomic mass is 10.1. The number of aromatic nitrogens is 1. The number of halogens is 1. The van der Waals surface area contributed by atoms with E-state index in [2.05, 4.69) is 22.1 Å². The SMILES string of the molecule is CCN1CCC(CNC(=O)c2ccc(Cl)nc2)C1. The minimum atomic E-state index is -0.0749. The Kier molecular flexibility index (Phi) is 4.55. The number of carbonyl (C=O) groups is 1. The van der Waals surface area contributed by atoms with Crippen LogP contribution in [0.25, 0.3) is 0 Å². The van der Waals surface area contributed by atoms with E-state index < -0.39 is 0 Å². The van der Waals surface area contributed by atoms with Crippen molar-refractivity contribution in [1.29, 1.82) is 0 Å². The van der Waals surface area contributed by atoms with Gasteiger partial charge in [-0.15, -0.1) is 0 Å². The summed E-state index contributed by atoms with van der Waals surface area (Å²) in [5.74, 6) is 0.489. The van der Waals surface area contributed by atoms with E-state index in [0.717, 1.165) is 32.6 Å². The minimum absolute atomic E-state index is 0.0749. The second-order valence-electron chi connectivity index (χ2n) is 4.63. The highest BCUT2D eigenvalue weighted by Gasteiger charge is 2.21. The number of nitrogens with one attached hydrogen (secondary N) is 1. The molecule has 1 amide bonds. The highest BCUT2D eigenvalue weighted by molar-refractivity contribution is 6.29. The van der Waals surface area contributed by atoms with Gasteiger partial charge in [-0.3, -0.25) is 4.79 Å². The molecule has 1 aromatic heterocycles. The lowest BCUT2D eigenvalue weighted by Gasteiger charge is -2.13. The van der Waals surface area contributed by atoms with Crippen LogP contribution in [0.1, 0.15) is 23.7 Å². The molecule has 1 aliphatic heterocycles. The fourth-order valence-electron chi connectivity index (χ4n) is 2.22. The third-order valence-corrected chi connectivity index (χ3v) is 3.58. The summed E-state index contributed by atoms with van der Waals surface area (Å²) in [5.41, 5.74) is 0.560. The maximum absolute atomic E-state index is 11.9. The summed E-state index contributed by atoms with van der Waals surface area (Å²) < 4.78 is 0. The highest BCUT2D eigenvalue weighted by atomic mass is 35.5. The fraction of sp³-hybridized carbons (Fsp3) is 0.538. The van der Waals surface area contributed by atoms with E-state index in [4.69, 9.17) is 11.6 Å². The van der Waals surface area contributed by atoms with Crippen LogP contribution in [-0.2, 0) is 0 Å². The quantitative estimate of drug-likeness (QED) is 0.847. The van der Waals surface area contributed by atoms with Gasteiger partial charge in [-0.2, -0.15) is 0 Å². The van der Waals surface area contributed by atoms with Crippen molar-refractivity contribution in [3.8, 4) is 0 Å². The molecule has 0 aromatic carbocycles. The molecule has 1 fully saturated rings. The molecule has 0 bridgehead atoms. The van der Waals surface area contributed by atoms with E-state index in [9.17, 15) is 4.79 Å². The van der Waals surface area contributed by atoms with Crippen LogP contribution in [0, 0.1) is 5.92 Å². The lowest BCUT2D eigenvalue weighted by molar-refractivity contribution is 0.0947. The van der Waals surface area contributed by atoms with Crippen molar-refractivity contribution in [2.24, 2.45) is 5.92 Å². The van der Waals surface area contributed by atoms with Crippen LogP contribution in [-0.4, -0.2) is 42.0 Å². The van der Waals surface area contributed by atoms with Gasteiger partial charge >= 0.3 is 0 Å². The van der Waals surface area contributed by atoms with Gasteiger partial charge in [0.05, 0.1) is 5.56 Å². The van der Waals surface area contributed by atoms with Crippen molar-refractivity contribution < 1.29 is 4.79 Å². The van der Waals surface area contributed by atoms with Crippen LogP contribution < -0.4 is 5.32 Å². The molecule has 2 heterocycles. The van der Waals surface area contributed by atoms with Gasteiger partial charge in [0.25, 0.3) is 5.91 Å². The molecule has 0 radical (unpaired) electrons. The molecule has 1 aliphatic rings. The largest absolute Gasteiger partial charge is 0.352 e. The van der Waals surface area contributed by atoms with E-state index in [0.29, 0.717) is 16.6 Å². The third-order valence-electron chi connectivity index (χ3n) is 3.36. The second-order valence-corrected chi connectivity index (χ2v) is 5.01. The molecule has 98 valence electrons. The van der Waals surface area contributed by atoms with E-state index in [1.165, 1.54) is 6.20 Å². The van der Waals surface area contributed by atoms with Gasteiger partial charge < -0.3 is 10.2 Å². The number of hydrogen-bond acceptors (Lipinski definition) is 3. The predicted molar refractivity (Wildman–Crippen MR) is 71.8 cm³/mol. The Balaban J connectivity index is 1.80. The Bertz CT molecular complexity index is 407. The summed E-state index contributed by atoms with van der Waals surface area (Å²) in [6.07, 6.45) is 2.66. The maximum atomic E-state index is 11.9. The van der Waals surface area contributed by atoms with Gasteiger partial charge in [-0.05, 0) is 37.6 Å². The number of nitrogens with zero attached hydrogens (tertiary/aromatic N) is 2. The van der Waals surface area contributed by atoms with Crippen LogP contribution in [0.4, 0.5) is 0 Å². The molecule has 1 N–H and O–H groups in total. The Morgan fingerprint density at radius 1 is 1.61 bits per heavy atom. The average molecular weight is 268 g/mol. The highest BCUT2D eigenvalue weighted by Crippen LogP contribution is 2.14. The first kappa shape index (κ1) is 13.3. The van der Waals surface area contributed by atoms with Crippen molar-refractivity contribution in [2.75, 3.05) is 26.2 Å². The zero-order valence-corrected chi connectivity index (χ0v) is 11.3. The fourth-order valence-corrected chi connectivity index (χ4v) is 2.33. The molecule has 1 saturated heterocycles. The third kappa shape index (κ3) is 3.43. The smallest absolute Gasteiger partial charge is 0.252 e. The molecule has 0 aliphatic carbocycles. The van der Waals surface area contributed by atoms with E-state index in [1.807, 2.05) is 0 Å². The summed E-state index contributed by atoms with van der Waals surface area (Å²) in [5, 5.41) is 3.36. The minimum Gasteiger partial charge on any atom is -0.352 e. The molecular formula is C13H18ClN3O. The predicted octanol–water partition coefficient (Wildman–Crippen LogP) is 1.81. The number of hydrogen-bond donors (Lipinski definition) is 1. The van der Waals surface area contributed by atoms with Gasteiger partial charge in [0, 0.05) is 19.3 Å². The Labute approximate surface area is 112 Å². The summed E-state index contributed by atoms with van der Waals surface area (Å²) >= 11 is 5.68.